The molecule has 1 fully saturated rings. The monoisotopic (exact) mass is 258 g/mol. The Morgan fingerprint density at radius 1 is 1.28 bits per heavy atom. The number of hydrogen-bond donors (Lipinski definition) is 2. The molecule has 0 radical (unpaired) electrons. The highest BCUT2D eigenvalue weighted by molar-refractivity contribution is 4.88. The van der Waals surface area contributed by atoms with E-state index < -0.39 is 0 Å². The number of hydrogen-bond acceptors (Lipinski definition) is 4. The van der Waals surface area contributed by atoms with Gasteiger partial charge in [0, 0.05) is 38.4 Å². The zero-order valence-electron chi connectivity index (χ0n) is 12.5. The van der Waals surface area contributed by atoms with Crippen LogP contribution in [0.15, 0.2) is 0 Å². The average molecular weight is 258 g/mol. The molecule has 4 nitrogen and oxygen atoms in total. The van der Waals surface area contributed by atoms with E-state index in [0.717, 1.165) is 45.7 Å². The molecule has 1 rings (SSSR count). The van der Waals surface area contributed by atoms with Gasteiger partial charge >= 0.3 is 0 Å². The largest absolute Gasteiger partial charge is 0.395 e. The number of rotatable bonds is 6. The summed E-state index contributed by atoms with van der Waals surface area (Å²) < 4.78 is 5.50. The number of aliphatic hydroxyl groups excluding tert-OH is 1. The molecule has 1 heterocycles. The molecule has 0 aromatic heterocycles. The van der Waals surface area contributed by atoms with Gasteiger partial charge in [-0.2, -0.15) is 0 Å². The van der Waals surface area contributed by atoms with Crippen molar-refractivity contribution < 1.29 is 9.84 Å². The number of likely N-dealkylation sites (N-methyl/N-ethyl adjacent to an activating group) is 1. The Morgan fingerprint density at radius 2 is 1.89 bits per heavy atom. The molecule has 0 aromatic rings. The second-order valence-electron chi connectivity index (χ2n) is 6.68. The standard InChI is InChI=1S/C14H30N2O2/c1-13(2,3)15-11-14(5-9-18-10-6-14)12-16(4)7-8-17/h15,17H,5-12H2,1-4H3. The summed E-state index contributed by atoms with van der Waals surface area (Å²) in [7, 11) is 2.09. The lowest BCUT2D eigenvalue weighted by atomic mass is 9.79. The van der Waals surface area contributed by atoms with E-state index in [9.17, 15) is 0 Å². The first kappa shape index (κ1) is 15.9. The van der Waals surface area contributed by atoms with Crippen LogP contribution < -0.4 is 5.32 Å². The molecule has 0 saturated carbocycles. The second-order valence-corrected chi connectivity index (χ2v) is 6.68. The maximum atomic E-state index is 9.03. The third-order valence-electron chi connectivity index (χ3n) is 3.63. The third kappa shape index (κ3) is 5.65. The van der Waals surface area contributed by atoms with Gasteiger partial charge in [0.2, 0.25) is 0 Å². The molecule has 4 heteroatoms. The fourth-order valence-corrected chi connectivity index (χ4v) is 2.47. The number of ether oxygens (including phenoxy) is 1. The summed E-state index contributed by atoms with van der Waals surface area (Å²) in [6, 6.07) is 0. The van der Waals surface area contributed by atoms with Crippen molar-refractivity contribution in [1.29, 1.82) is 0 Å². The van der Waals surface area contributed by atoms with Crippen molar-refractivity contribution >= 4 is 0 Å². The Bertz CT molecular complexity index is 232. The molecule has 108 valence electrons. The molecule has 18 heavy (non-hydrogen) atoms. The fourth-order valence-electron chi connectivity index (χ4n) is 2.47. The Balaban J connectivity index is 2.57. The van der Waals surface area contributed by atoms with Crippen molar-refractivity contribution in [1.82, 2.24) is 10.2 Å². The van der Waals surface area contributed by atoms with Gasteiger partial charge in [0.1, 0.15) is 0 Å². The van der Waals surface area contributed by atoms with Crippen LogP contribution in [0.5, 0.6) is 0 Å². The second kappa shape index (κ2) is 6.85. The van der Waals surface area contributed by atoms with E-state index in [0.29, 0.717) is 0 Å². The van der Waals surface area contributed by atoms with Gasteiger partial charge in [0.25, 0.3) is 0 Å². The van der Waals surface area contributed by atoms with Crippen molar-refractivity contribution in [3.8, 4) is 0 Å². The van der Waals surface area contributed by atoms with Crippen LogP contribution in [0.2, 0.25) is 0 Å². The average Bonchev–Trinajstić information content (AvgIpc) is 2.27. The minimum Gasteiger partial charge on any atom is -0.395 e. The minimum absolute atomic E-state index is 0.154. The topological polar surface area (TPSA) is 44.7 Å². The van der Waals surface area contributed by atoms with Crippen molar-refractivity contribution in [3.63, 3.8) is 0 Å². The van der Waals surface area contributed by atoms with E-state index in [1.54, 1.807) is 0 Å². The van der Waals surface area contributed by atoms with Crippen LogP contribution in [0.3, 0.4) is 0 Å². The highest BCUT2D eigenvalue weighted by Gasteiger charge is 2.34. The van der Waals surface area contributed by atoms with E-state index in [1.807, 2.05) is 0 Å². The van der Waals surface area contributed by atoms with Crippen LogP contribution in [-0.4, -0.2) is 62.0 Å². The lowest BCUT2D eigenvalue weighted by Gasteiger charge is -2.42. The quantitative estimate of drug-likeness (QED) is 0.749. The van der Waals surface area contributed by atoms with Crippen LogP contribution in [-0.2, 0) is 4.74 Å². The summed E-state index contributed by atoms with van der Waals surface area (Å²) in [5.41, 5.74) is 0.441. The Hall–Kier alpha value is -0.160. The summed E-state index contributed by atoms with van der Waals surface area (Å²) in [5.74, 6) is 0. The molecular formula is C14H30N2O2. The van der Waals surface area contributed by atoms with Gasteiger partial charge < -0.3 is 20.1 Å². The third-order valence-corrected chi connectivity index (χ3v) is 3.63. The Labute approximate surface area is 112 Å². The van der Waals surface area contributed by atoms with E-state index >= 15 is 0 Å². The van der Waals surface area contributed by atoms with Gasteiger partial charge in [0.05, 0.1) is 6.61 Å². The van der Waals surface area contributed by atoms with E-state index in [4.69, 9.17) is 9.84 Å². The molecule has 1 saturated heterocycles. The van der Waals surface area contributed by atoms with Crippen molar-refractivity contribution in [2.75, 3.05) is 46.5 Å². The normalized spacial score (nSPS) is 20.3. The van der Waals surface area contributed by atoms with Crippen LogP contribution >= 0.6 is 0 Å². The molecule has 0 atom stereocenters. The molecule has 0 aromatic carbocycles. The van der Waals surface area contributed by atoms with Gasteiger partial charge in [-0.15, -0.1) is 0 Å². The first-order chi connectivity index (χ1) is 8.37. The van der Waals surface area contributed by atoms with Crippen LogP contribution in [0.25, 0.3) is 0 Å². The minimum atomic E-state index is 0.154. The molecule has 1 aliphatic heterocycles. The number of nitrogens with one attached hydrogen (secondary N) is 1. The van der Waals surface area contributed by atoms with Crippen molar-refractivity contribution in [3.05, 3.63) is 0 Å². The van der Waals surface area contributed by atoms with E-state index in [1.165, 1.54) is 0 Å². The molecule has 0 spiro atoms. The van der Waals surface area contributed by atoms with E-state index in [2.05, 4.69) is 38.0 Å². The highest BCUT2D eigenvalue weighted by atomic mass is 16.5. The maximum Gasteiger partial charge on any atom is 0.0558 e. The predicted octanol–water partition coefficient (Wildman–Crippen LogP) is 1.10. The molecule has 0 aliphatic carbocycles. The lowest BCUT2D eigenvalue weighted by Crippen LogP contribution is -2.50. The lowest BCUT2D eigenvalue weighted by molar-refractivity contribution is -0.00495. The first-order valence-electron chi connectivity index (χ1n) is 6.99. The molecule has 0 unspecified atom stereocenters. The van der Waals surface area contributed by atoms with Crippen molar-refractivity contribution in [2.24, 2.45) is 5.41 Å². The summed E-state index contributed by atoms with van der Waals surface area (Å²) in [6.45, 7) is 11.4. The fraction of sp³-hybridized carbons (Fsp3) is 1.00. The van der Waals surface area contributed by atoms with Crippen LogP contribution in [0.1, 0.15) is 33.6 Å². The van der Waals surface area contributed by atoms with Gasteiger partial charge in [-0.25, -0.2) is 0 Å². The summed E-state index contributed by atoms with van der Waals surface area (Å²) >= 11 is 0. The van der Waals surface area contributed by atoms with E-state index in [-0.39, 0.29) is 17.6 Å². The zero-order chi connectivity index (χ0) is 13.6. The first-order valence-corrected chi connectivity index (χ1v) is 6.99. The van der Waals surface area contributed by atoms with Crippen LogP contribution in [0.4, 0.5) is 0 Å². The summed E-state index contributed by atoms with van der Waals surface area (Å²) in [6.07, 6.45) is 2.21. The van der Waals surface area contributed by atoms with Gasteiger partial charge in [0.15, 0.2) is 0 Å². The molecule has 1 aliphatic rings. The van der Waals surface area contributed by atoms with Crippen LogP contribution in [0, 0.1) is 5.41 Å². The molecular weight excluding hydrogens is 228 g/mol. The zero-order valence-corrected chi connectivity index (χ0v) is 12.5. The molecule has 0 bridgehead atoms. The van der Waals surface area contributed by atoms with Gasteiger partial charge in [-0.3, -0.25) is 0 Å². The number of nitrogens with zero attached hydrogens (tertiary/aromatic N) is 1. The SMILES string of the molecule is CN(CCO)CC1(CNC(C)(C)C)CCOCC1. The molecule has 2 N–H and O–H groups in total. The summed E-state index contributed by atoms with van der Waals surface area (Å²) in [5, 5.41) is 12.7. The smallest absolute Gasteiger partial charge is 0.0558 e. The Kier molecular flexibility index (Phi) is 6.05. The summed E-state index contributed by atoms with van der Waals surface area (Å²) in [4.78, 5) is 2.23. The maximum absolute atomic E-state index is 9.03. The molecule has 0 amide bonds. The van der Waals surface area contributed by atoms with Gasteiger partial charge in [-0.05, 0) is 46.1 Å². The predicted molar refractivity (Wildman–Crippen MR) is 74.8 cm³/mol. The highest BCUT2D eigenvalue weighted by Crippen LogP contribution is 2.31. The Morgan fingerprint density at radius 3 is 2.39 bits per heavy atom. The van der Waals surface area contributed by atoms with Crippen molar-refractivity contribution in [2.45, 2.75) is 39.2 Å². The number of aliphatic hydroxyl groups is 1. The van der Waals surface area contributed by atoms with Gasteiger partial charge in [-0.1, -0.05) is 0 Å².